The third-order valence-corrected chi connectivity index (χ3v) is 4.13. The molecule has 2 N–H and O–H groups in total. The highest BCUT2D eigenvalue weighted by atomic mass is 16.3. The minimum atomic E-state index is 0.247. The normalized spacial score (nSPS) is 16.7. The van der Waals surface area contributed by atoms with Crippen molar-refractivity contribution in [2.24, 2.45) is 7.05 Å². The molecule has 6 heteroatoms. The molecule has 0 radical (unpaired) electrons. The molecule has 1 aromatic rings. The van der Waals surface area contributed by atoms with Crippen LogP contribution in [0.15, 0.2) is 0 Å². The molecule has 0 aromatic carbocycles. The molecule has 0 unspecified atom stereocenters. The number of β-amino-alcohol motifs (C(OH)–C–C–N with tert-alkyl or cyclic N) is 1. The van der Waals surface area contributed by atoms with Gasteiger partial charge in [0.1, 0.15) is 5.82 Å². The van der Waals surface area contributed by atoms with E-state index in [0.29, 0.717) is 0 Å². The van der Waals surface area contributed by atoms with Crippen LogP contribution < -0.4 is 10.2 Å². The van der Waals surface area contributed by atoms with Crippen molar-refractivity contribution in [3.63, 3.8) is 0 Å². The van der Waals surface area contributed by atoms with E-state index >= 15 is 0 Å². The lowest BCUT2D eigenvalue weighted by Gasteiger charge is -2.36. The summed E-state index contributed by atoms with van der Waals surface area (Å²) < 4.78 is 2.01. The number of piperazine rings is 1. The van der Waals surface area contributed by atoms with Gasteiger partial charge in [0.05, 0.1) is 12.3 Å². The number of aromatic nitrogens is 2. The van der Waals surface area contributed by atoms with Crippen LogP contribution in [-0.4, -0.2) is 65.7 Å². The number of nitrogens with one attached hydrogen (secondary N) is 1. The number of aliphatic hydroxyl groups excluding tert-OH is 1. The lowest BCUT2D eigenvalue weighted by molar-refractivity contribution is 0.188. The molecule has 6 nitrogen and oxygen atoms in total. The van der Waals surface area contributed by atoms with Crippen LogP contribution in [-0.2, 0) is 13.6 Å². The van der Waals surface area contributed by atoms with E-state index in [2.05, 4.69) is 34.1 Å². The molecule has 2 rings (SSSR count). The van der Waals surface area contributed by atoms with Crippen LogP contribution in [0, 0.1) is 6.92 Å². The number of nitrogens with zero attached hydrogens (tertiary/aromatic N) is 4. The molecule has 1 aromatic heterocycles. The molecule has 1 aliphatic heterocycles. The number of anilines is 1. The minimum Gasteiger partial charge on any atom is -0.395 e. The molecular formula is C15H29N5O. The van der Waals surface area contributed by atoms with Crippen LogP contribution in [0.2, 0.25) is 0 Å². The summed E-state index contributed by atoms with van der Waals surface area (Å²) in [5, 5.41) is 17.1. The van der Waals surface area contributed by atoms with Crippen LogP contribution in [0.3, 0.4) is 0 Å². The van der Waals surface area contributed by atoms with Crippen molar-refractivity contribution in [2.45, 2.75) is 26.8 Å². The largest absolute Gasteiger partial charge is 0.395 e. The maximum absolute atomic E-state index is 9.04. The van der Waals surface area contributed by atoms with Gasteiger partial charge in [-0.3, -0.25) is 9.58 Å². The monoisotopic (exact) mass is 295 g/mol. The number of aryl methyl sites for hydroxylation is 2. The van der Waals surface area contributed by atoms with Crippen molar-refractivity contribution in [3.05, 3.63) is 11.3 Å². The summed E-state index contributed by atoms with van der Waals surface area (Å²) in [6.07, 6.45) is 1.15. The Morgan fingerprint density at radius 1 is 1.24 bits per heavy atom. The number of hydrogen-bond acceptors (Lipinski definition) is 5. The average Bonchev–Trinajstić information content (AvgIpc) is 2.75. The summed E-state index contributed by atoms with van der Waals surface area (Å²) in [6.45, 7) is 11.2. The number of rotatable bonds is 7. The Bertz CT molecular complexity index is 438. The standard InChI is InChI=1S/C15H29N5O/c1-4-5-16-12-14-13(2)17-18(3)15(14)20-8-6-19(7-9-20)10-11-21/h16,21H,4-12H2,1-3H3. The Hall–Kier alpha value is -1.11. The van der Waals surface area contributed by atoms with Crippen LogP contribution in [0.25, 0.3) is 0 Å². The van der Waals surface area contributed by atoms with Gasteiger partial charge in [0, 0.05) is 51.9 Å². The quantitative estimate of drug-likeness (QED) is 0.711. The fourth-order valence-electron chi connectivity index (χ4n) is 3.01. The highest BCUT2D eigenvalue weighted by molar-refractivity contribution is 5.50. The van der Waals surface area contributed by atoms with Gasteiger partial charge in [-0.05, 0) is 19.9 Å². The molecular weight excluding hydrogens is 266 g/mol. The predicted octanol–water partition coefficient (Wildman–Crippen LogP) is 0.342. The molecule has 0 atom stereocenters. The van der Waals surface area contributed by atoms with Gasteiger partial charge in [0.25, 0.3) is 0 Å². The van der Waals surface area contributed by atoms with Gasteiger partial charge in [-0.2, -0.15) is 5.10 Å². The molecule has 120 valence electrons. The second-order valence-electron chi connectivity index (χ2n) is 5.74. The second kappa shape index (κ2) is 7.77. The Morgan fingerprint density at radius 2 is 1.95 bits per heavy atom. The summed E-state index contributed by atoms with van der Waals surface area (Å²) >= 11 is 0. The van der Waals surface area contributed by atoms with Crippen molar-refractivity contribution >= 4 is 5.82 Å². The lowest BCUT2D eigenvalue weighted by Crippen LogP contribution is -2.48. The molecule has 0 spiro atoms. The summed E-state index contributed by atoms with van der Waals surface area (Å²) in [5.41, 5.74) is 2.44. The fraction of sp³-hybridized carbons (Fsp3) is 0.800. The van der Waals surface area contributed by atoms with Crippen LogP contribution in [0.4, 0.5) is 5.82 Å². The molecule has 0 aliphatic carbocycles. The van der Waals surface area contributed by atoms with Crippen molar-refractivity contribution < 1.29 is 5.11 Å². The topological polar surface area (TPSA) is 56.6 Å². The minimum absolute atomic E-state index is 0.247. The lowest BCUT2D eigenvalue weighted by atomic mass is 10.2. The van der Waals surface area contributed by atoms with E-state index in [4.69, 9.17) is 5.11 Å². The van der Waals surface area contributed by atoms with E-state index in [1.807, 2.05) is 11.7 Å². The first-order valence-corrected chi connectivity index (χ1v) is 7.98. The zero-order valence-corrected chi connectivity index (χ0v) is 13.6. The van der Waals surface area contributed by atoms with Crippen LogP contribution in [0.5, 0.6) is 0 Å². The maximum atomic E-state index is 9.04. The first-order chi connectivity index (χ1) is 10.2. The molecule has 1 aliphatic rings. The molecule has 0 amide bonds. The predicted molar refractivity (Wildman–Crippen MR) is 85.7 cm³/mol. The van der Waals surface area contributed by atoms with E-state index in [-0.39, 0.29) is 6.61 Å². The van der Waals surface area contributed by atoms with Gasteiger partial charge >= 0.3 is 0 Å². The van der Waals surface area contributed by atoms with E-state index in [1.165, 1.54) is 11.4 Å². The van der Waals surface area contributed by atoms with Gasteiger partial charge < -0.3 is 15.3 Å². The third kappa shape index (κ3) is 3.96. The van der Waals surface area contributed by atoms with Crippen molar-refractivity contribution in [3.8, 4) is 0 Å². The van der Waals surface area contributed by atoms with E-state index in [1.54, 1.807) is 0 Å². The Balaban J connectivity index is 2.05. The van der Waals surface area contributed by atoms with Crippen molar-refractivity contribution in [1.82, 2.24) is 20.0 Å². The highest BCUT2D eigenvalue weighted by Gasteiger charge is 2.23. The fourth-order valence-corrected chi connectivity index (χ4v) is 3.01. The average molecular weight is 295 g/mol. The Morgan fingerprint density at radius 3 is 2.57 bits per heavy atom. The van der Waals surface area contributed by atoms with Gasteiger partial charge in [0.2, 0.25) is 0 Å². The van der Waals surface area contributed by atoms with Crippen LogP contribution in [0.1, 0.15) is 24.6 Å². The second-order valence-corrected chi connectivity index (χ2v) is 5.74. The molecule has 0 bridgehead atoms. The smallest absolute Gasteiger partial charge is 0.131 e. The maximum Gasteiger partial charge on any atom is 0.131 e. The Labute approximate surface area is 127 Å². The highest BCUT2D eigenvalue weighted by Crippen LogP contribution is 2.24. The number of hydrogen-bond donors (Lipinski definition) is 2. The first kappa shape index (κ1) is 16.3. The van der Waals surface area contributed by atoms with Gasteiger partial charge in [-0.15, -0.1) is 0 Å². The SMILES string of the molecule is CCCNCc1c(C)nn(C)c1N1CCN(CCO)CC1. The Kier molecular flexibility index (Phi) is 6.02. The van der Waals surface area contributed by atoms with Gasteiger partial charge in [-0.25, -0.2) is 0 Å². The molecule has 0 saturated carbocycles. The van der Waals surface area contributed by atoms with Gasteiger partial charge in [-0.1, -0.05) is 6.92 Å². The summed E-state index contributed by atoms with van der Waals surface area (Å²) in [4.78, 5) is 4.74. The van der Waals surface area contributed by atoms with E-state index < -0.39 is 0 Å². The van der Waals surface area contributed by atoms with Crippen LogP contribution >= 0.6 is 0 Å². The van der Waals surface area contributed by atoms with Crippen molar-refractivity contribution in [2.75, 3.05) is 50.8 Å². The zero-order valence-electron chi connectivity index (χ0n) is 13.6. The van der Waals surface area contributed by atoms with E-state index in [0.717, 1.165) is 57.9 Å². The molecule has 21 heavy (non-hydrogen) atoms. The molecule has 2 heterocycles. The summed E-state index contributed by atoms with van der Waals surface area (Å²) in [6, 6.07) is 0. The number of aliphatic hydroxyl groups is 1. The summed E-state index contributed by atoms with van der Waals surface area (Å²) in [5.74, 6) is 1.25. The van der Waals surface area contributed by atoms with Gasteiger partial charge in [0.15, 0.2) is 0 Å². The third-order valence-electron chi connectivity index (χ3n) is 4.13. The molecule has 1 fully saturated rings. The molecule has 1 saturated heterocycles. The zero-order chi connectivity index (χ0) is 15.2. The van der Waals surface area contributed by atoms with E-state index in [9.17, 15) is 0 Å². The van der Waals surface area contributed by atoms with Crippen molar-refractivity contribution in [1.29, 1.82) is 0 Å². The first-order valence-electron chi connectivity index (χ1n) is 7.98. The summed E-state index contributed by atoms with van der Waals surface area (Å²) in [7, 11) is 2.03.